The zero-order chi connectivity index (χ0) is 15.4. The average molecular weight is 328 g/mol. The van der Waals surface area contributed by atoms with Crippen molar-refractivity contribution in [2.75, 3.05) is 0 Å². The predicted molar refractivity (Wildman–Crippen MR) is 93.2 cm³/mol. The maximum absolute atomic E-state index is 12.2. The number of carbonyl (C=O) groups excluding carboxylic acids is 1. The molecule has 22 heavy (non-hydrogen) atoms. The first kappa shape index (κ1) is 15.1. The Morgan fingerprint density at radius 1 is 1.18 bits per heavy atom. The molecule has 0 aliphatic carbocycles. The van der Waals surface area contributed by atoms with E-state index in [1.54, 1.807) is 11.3 Å². The summed E-state index contributed by atoms with van der Waals surface area (Å²) in [5, 5.41) is 2.81. The summed E-state index contributed by atoms with van der Waals surface area (Å²) in [6.45, 7) is 2.47. The lowest BCUT2D eigenvalue weighted by atomic mass is 10.2. The highest BCUT2D eigenvalue weighted by Gasteiger charge is 2.16. The van der Waals surface area contributed by atoms with Crippen molar-refractivity contribution >= 4 is 39.2 Å². The van der Waals surface area contributed by atoms with Gasteiger partial charge in [0.25, 0.3) is 0 Å². The van der Waals surface area contributed by atoms with Gasteiger partial charge in [0.05, 0.1) is 15.5 Å². The van der Waals surface area contributed by atoms with E-state index < -0.39 is 0 Å². The summed E-state index contributed by atoms with van der Waals surface area (Å²) >= 11 is 3.14. The molecule has 1 aromatic heterocycles. The van der Waals surface area contributed by atoms with Crippen molar-refractivity contribution in [2.45, 2.75) is 23.1 Å². The second kappa shape index (κ2) is 6.94. The zero-order valence-corrected chi connectivity index (χ0v) is 13.8. The molecule has 0 aliphatic heterocycles. The van der Waals surface area contributed by atoms with E-state index in [-0.39, 0.29) is 11.2 Å². The molecule has 1 heterocycles. The number of rotatable bonds is 5. The van der Waals surface area contributed by atoms with Crippen molar-refractivity contribution in [2.24, 2.45) is 0 Å². The SMILES string of the molecule is CC(Sc1nc2ccccc2s1)C(=O)NCc1ccccc1. The minimum Gasteiger partial charge on any atom is -0.351 e. The van der Waals surface area contributed by atoms with Gasteiger partial charge in [0, 0.05) is 6.54 Å². The summed E-state index contributed by atoms with van der Waals surface area (Å²) in [4.78, 5) is 16.7. The largest absolute Gasteiger partial charge is 0.351 e. The molecule has 0 fully saturated rings. The topological polar surface area (TPSA) is 42.0 Å². The van der Waals surface area contributed by atoms with Gasteiger partial charge in [-0.1, -0.05) is 54.2 Å². The van der Waals surface area contributed by atoms with Gasteiger partial charge in [-0.05, 0) is 24.6 Å². The van der Waals surface area contributed by atoms with E-state index in [9.17, 15) is 4.79 Å². The monoisotopic (exact) mass is 328 g/mol. The molecule has 1 unspecified atom stereocenters. The molecule has 1 atom stereocenters. The van der Waals surface area contributed by atoms with Gasteiger partial charge in [-0.15, -0.1) is 11.3 Å². The fraction of sp³-hybridized carbons (Fsp3) is 0.176. The van der Waals surface area contributed by atoms with Crippen LogP contribution in [0.1, 0.15) is 12.5 Å². The van der Waals surface area contributed by atoms with Crippen LogP contribution in [-0.4, -0.2) is 16.1 Å². The second-order valence-corrected chi connectivity index (χ2v) is 7.53. The Hall–Kier alpha value is -1.85. The van der Waals surface area contributed by atoms with Gasteiger partial charge in [0.1, 0.15) is 0 Å². The Kier molecular flexibility index (Phi) is 4.75. The van der Waals surface area contributed by atoms with E-state index in [1.165, 1.54) is 11.8 Å². The molecule has 0 bridgehead atoms. The minimum atomic E-state index is -0.163. The first-order chi connectivity index (χ1) is 10.7. The summed E-state index contributed by atoms with van der Waals surface area (Å²) in [7, 11) is 0. The minimum absolute atomic E-state index is 0.0353. The van der Waals surface area contributed by atoms with Crippen molar-refractivity contribution in [3.05, 3.63) is 60.2 Å². The molecule has 112 valence electrons. The second-order valence-electron chi connectivity index (χ2n) is 4.91. The van der Waals surface area contributed by atoms with Crippen molar-refractivity contribution in [3.8, 4) is 0 Å². The molecular weight excluding hydrogens is 312 g/mol. The number of amides is 1. The number of hydrogen-bond donors (Lipinski definition) is 1. The van der Waals surface area contributed by atoms with Crippen molar-refractivity contribution in [1.29, 1.82) is 0 Å². The molecular formula is C17H16N2OS2. The van der Waals surface area contributed by atoms with E-state index >= 15 is 0 Å². The normalized spacial score (nSPS) is 12.2. The van der Waals surface area contributed by atoms with Gasteiger partial charge < -0.3 is 5.32 Å². The zero-order valence-electron chi connectivity index (χ0n) is 12.2. The summed E-state index contributed by atoms with van der Waals surface area (Å²) in [6.07, 6.45) is 0. The predicted octanol–water partition coefficient (Wildman–Crippen LogP) is 4.09. The molecule has 3 aromatic rings. The van der Waals surface area contributed by atoms with Gasteiger partial charge in [-0.2, -0.15) is 0 Å². The Balaban J connectivity index is 1.58. The third-order valence-electron chi connectivity index (χ3n) is 3.23. The lowest BCUT2D eigenvalue weighted by Crippen LogP contribution is -2.30. The molecule has 0 aliphatic rings. The maximum Gasteiger partial charge on any atom is 0.233 e. The van der Waals surface area contributed by atoms with Crippen LogP contribution >= 0.6 is 23.1 Å². The van der Waals surface area contributed by atoms with Crippen LogP contribution in [0.4, 0.5) is 0 Å². The smallest absolute Gasteiger partial charge is 0.233 e. The van der Waals surface area contributed by atoms with Crippen molar-refractivity contribution in [1.82, 2.24) is 10.3 Å². The fourth-order valence-electron chi connectivity index (χ4n) is 2.03. The van der Waals surface area contributed by atoms with Gasteiger partial charge in [-0.25, -0.2) is 4.98 Å². The Morgan fingerprint density at radius 3 is 2.68 bits per heavy atom. The molecule has 2 aromatic carbocycles. The van der Waals surface area contributed by atoms with Crippen LogP contribution in [0.25, 0.3) is 10.2 Å². The quantitative estimate of drug-likeness (QED) is 0.717. The number of aromatic nitrogens is 1. The molecule has 0 saturated heterocycles. The van der Waals surface area contributed by atoms with E-state index in [4.69, 9.17) is 0 Å². The van der Waals surface area contributed by atoms with E-state index in [0.29, 0.717) is 6.54 Å². The Labute approximate surface area is 137 Å². The highest BCUT2D eigenvalue weighted by Crippen LogP contribution is 2.31. The van der Waals surface area contributed by atoms with Crippen molar-refractivity contribution < 1.29 is 4.79 Å². The summed E-state index contributed by atoms with van der Waals surface area (Å²) in [5.41, 5.74) is 2.10. The lowest BCUT2D eigenvalue weighted by molar-refractivity contribution is -0.120. The highest BCUT2D eigenvalue weighted by molar-refractivity contribution is 8.02. The third-order valence-corrected chi connectivity index (χ3v) is 5.46. The third kappa shape index (κ3) is 3.67. The summed E-state index contributed by atoms with van der Waals surface area (Å²) in [6, 6.07) is 18.0. The van der Waals surface area contributed by atoms with Crippen LogP contribution in [0.5, 0.6) is 0 Å². The number of carbonyl (C=O) groups is 1. The molecule has 0 saturated carbocycles. The molecule has 0 spiro atoms. The van der Waals surface area contributed by atoms with E-state index in [1.807, 2.05) is 55.5 Å². The molecule has 3 nitrogen and oxygen atoms in total. The van der Waals surface area contributed by atoms with Crippen LogP contribution in [-0.2, 0) is 11.3 Å². The van der Waals surface area contributed by atoms with Gasteiger partial charge in [0.15, 0.2) is 4.34 Å². The lowest BCUT2D eigenvalue weighted by Gasteiger charge is -2.10. The summed E-state index contributed by atoms with van der Waals surface area (Å²) in [5.74, 6) is 0.0353. The average Bonchev–Trinajstić information content (AvgIpc) is 2.95. The van der Waals surface area contributed by atoms with E-state index in [0.717, 1.165) is 20.1 Å². The van der Waals surface area contributed by atoms with Gasteiger partial charge in [0.2, 0.25) is 5.91 Å². The first-order valence-corrected chi connectivity index (χ1v) is 8.76. The van der Waals surface area contributed by atoms with Gasteiger partial charge >= 0.3 is 0 Å². The number of nitrogens with one attached hydrogen (secondary N) is 1. The number of para-hydroxylation sites is 1. The molecule has 1 N–H and O–H groups in total. The number of nitrogens with zero attached hydrogens (tertiary/aromatic N) is 1. The van der Waals surface area contributed by atoms with Crippen LogP contribution in [0.15, 0.2) is 58.9 Å². The summed E-state index contributed by atoms with van der Waals surface area (Å²) < 4.78 is 2.09. The Bertz CT molecular complexity index is 737. The number of fused-ring (bicyclic) bond motifs is 1. The molecule has 3 rings (SSSR count). The van der Waals surface area contributed by atoms with Crippen LogP contribution in [0, 0.1) is 0 Å². The maximum atomic E-state index is 12.2. The number of benzene rings is 2. The van der Waals surface area contributed by atoms with Crippen LogP contribution in [0.3, 0.4) is 0 Å². The number of hydrogen-bond acceptors (Lipinski definition) is 4. The molecule has 0 radical (unpaired) electrons. The first-order valence-electron chi connectivity index (χ1n) is 7.06. The molecule has 5 heteroatoms. The highest BCUT2D eigenvalue weighted by atomic mass is 32.2. The number of thiazole rings is 1. The fourth-order valence-corrected chi connectivity index (χ4v) is 4.27. The van der Waals surface area contributed by atoms with Crippen LogP contribution in [0.2, 0.25) is 0 Å². The van der Waals surface area contributed by atoms with Crippen LogP contribution < -0.4 is 5.32 Å². The van der Waals surface area contributed by atoms with E-state index in [2.05, 4.69) is 16.4 Å². The standard InChI is InChI=1S/C17H16N2OS2/c1-12(16(20)18-11-13-7-3-2-4-8-13)21-17-19-14-9-5-6-10-15(14)22-17/h2-10,12H,11H2,1H3,(H,18,20). The Morgan fingerprint density at radius 2 is 1.91 bits per heavy atom. The molecule has 1 amide bonds. The number of thioether (sulfide) groups is 1. The van der Waals surface area contributed by atoms with Crippen molar-refractivity contribution in [3.63, 3.8) is 0 Å². The van der Waals surface area contributed by atoms with Gasteiger partial charge in [-0.3, -0.25) is 4.79 Å².